The second-order valence-corrected chi connectivity index (χ2v) is 16.4. The smallest absolute Gasteiger partial charge is 0.302 e. The van der Waals surface area contributed by atoms with Gasteiger partial charge in [0, 0.05) is 19.3 Å². The van der Waals surface area contributed by atoms with Gasteiger partial charge in [-0.25, -0.2) is 0 Å². The number of carbonyl (C=O) groups excluding carboxylic acids is 1. The lowest BCUT2D eigenvalue weighted by atomic mass is 9.35. The lowest BCUT2D eigenvalue weighted by Crippen LogP contribution is -2.70. The Morgan fingerprint density at radius 2 is 1.55 bits per heavy atom. The molecule has 0 radical (unpaired) electrons. The minimum Gasteiger partial charge on any atom is -0.462 e. The van der Waals surface area contributed by atoms with Crippen LogP contribution in [0.5, 0.6) is 0 Å². The molecule has 0 unspecified atom stereocenters. The van der Waals surface area contributed by atoms with Crippen LogP contribution < -0.4 is 0 Å². The van der Waals surface area contributed by atoms with E-state index >= 15 is 0 Å². The maximum Gasteiger partial charge on any atom is 0.302 e. The van der Waals surface area contributed by atoms with Gasteiger partial charge < -0.3 is 24.4 Å². The summed E-state index contributed by atoms with van der Waals surface area (Å²) in [6, 6.07) is 0. The standard InChI is InChI=1S/C32H52O6/c1-19(33)36-20-18-22-27(6)12-11-23(34)25(2,3)21(27)10-13-28(22,7)29(8)14-16-31(24(20)29)30(9)15-17-32(37-30,38-31)26(4,5)35/h20-24,34-35H,10-18H2,1-9H3/t20-,21+,22-,23-,24+,27+,28-,29-,30+,31-,32-/m1/s1. The van der Waals surface area contributed by atoms with Crippen molar-refractivity contribution < 1.29 is 29.2 Å². The molecular formula is C32H52O6. The Balaban J connectivity index is 1.48. The second-order valence-electron chi connectivity index (χ2n) is 16.4. The van der Waals surface area contributed by atoms with Crippen molar-refractivity contribution in [2.75, 3.05) is 0 Å². The van der Waals surface area contributed by atoms with Crippen molar-refractivity contribution in [2.45, 2.75) is 155 Å². The van der Waals surface area contributed by atoms with Gasteiger partial charge in [0.05, 0.1) is 11.7 Å². The van der Waals surface area contributed by atoms with E-state index < -0.39 is 22.6 Å². The summed E-state index contributed by atoms with van der Waals surface area (Å²) >= 11 is 0. The van der Waals surface area contributed by atoms with E-state index in [1.165, 1.54) is 6.92 Å². The molecule has 6 rings (SSSR count). The molecule has 0 aromatic heterocycles. The van der Waals surface area contributed by atoms with Gasteiger partial charge in [0.15, 0.2) is 5.79 Å². The molecule has 6 aliphatic rings. The Hall–Kier alpha value is -0.690. The highest BCUT2D eigenvalue weighted by Gasteiger charge is 2.82. The van der Waals surface area contributed by atoms with Gasteiger partial charge in [-0.2, -0.15) is 0 Å². The van der Waals surface area contributed by atoms with Crippen LogP contribution in [0.3, 0.4) is 0 Å². The lowest BCUT2D eigenvalue weighted by molar-refractivity contribution is -0.296. The Kier molecular flexibility index (Phi) is 5.48. The minimum atomic E-state index is -1.13. The number of esters is 1. The van der Waals surface area contributed by atoms with Crippen molar-refractivity contribution in [3.8, 4) is 0 Å². The molecule has 2 aliphatic heterocycles. The number of hydrogen-bond donors (Lipinski definition) is 2. The van der Waals surface area contributed by atoms with E-state index in [1.807, 2.05) is 0 Å². The molecule has 11 atom stereocenters. The molecule has 6 heteroatoms. The fraction of sp³-hybridized carbons (Fsp3) is 0.969. The Morgan fingerprint density at radius 1 is 0.868 bits per heavy atom. The fourth-order valence-corrected chi connectivity index (χ4v) is 12.0. The number of hydrogen-bond acceptors (Lipinski definition) is 6. The van der Waals surface area contributed by atoms with E-state index in [0.29, 0.717) is 18.3 Å². The maximum atomic E-state index is 12.7. The highest BCUT2D eigenvalue weighted by atomic mass is 16.8. The summed E-state index contributed by atoms with van der Waals surface area (Å²) in [6.45, 7) is 19.3. The van der Waals surface area contributed by atoms with Gasteiger partial charge in [0.25, 0.3) is 0 Å². The molecule has 6 nitrogen and oxygen atoms in total. The summed E-state index contributed by atoms with van der Waals surface area (Å²) in [4.78, 5) is 12.7. The Labute approximate surface area is 229 Å². The van der Waals surface area contributed by atoms with Gasteiger partial charge in [-0.15, -0.1) is 0 Å². The average Bonchev–Trinajstić information content (AvgIpc) is 3.39. The van der Waals surface area contributed by atoms with Crippen molar-refractivity contribution in [1.82, 2.24) is 0 Å². The molecule has 0 aromatic rings. The highest BCUT2D eigenvalue weighted by Crippen LogP contribution is 2.79. The van der Waals surface area contributed by atoms with Gasteiger partial charge in [-0.3, -0.25) is 4.79 Å². The predicted octanol–water partition coefficient (Wildman–Crippen LogP) is 5.76. The first kappa shape index (κ1) is 27.5. The molecule has 216 valence electrons. The Bertz CT molecular complexity index is 1030. The fourth-order valence-electron chi connectivity index (χ4n) is 12.0. The van der Waals surface area contributed by atoms with Crippen LogP contribution in [-0.4, -0.2) is 51.0 Å². The molecular weight excluding hydrogens is 480 g/mol. The van der Waals surface area contributed by atoms with Gasteiger partial charge in [-0.1, -0.05) is 34.6 Å². The van der Waals surface area contributed by atoms with E-state index in [4.69, 9.17) is 14.2 Å². The number of carbonyl (C=O) groups is 1. The molecule has 0 aromatic carbocycles. The van der Waals surface area contributed by atoms with E-state index in [9.17, 15) is 15.0 Å². The normalized spacial score (nSPS) is 56.9. The van der Waals surface area contributed by atoms with Gasteiger partial charge in [0.1, 0.15) is 17.3 Å². The lowest BCUT2D eigenvalue weighted by Gasteiger charge is -2.71. The Morgan fingerprint density at radius 3 is 2.16 bits per heavy atom. The molecule has 2 bridgehead atoms. The highest BCUT2D eigenvalue weighted by molar-refractivity contribution is 5.66. The van der Waals surface area contributed by atoms with Crippen LogP contribution in [0, 0.1) is 39.4 Å². The summed E-state index contributed by atoms with van der Waals surface area (Å²) in [6.07, 6.45) is 7.72. The van der Waals surface area contributed by atoms with Crippen molar-refractivity contribution >= 4 is 5.97 Å². The van der Waals surface area contributed by atoms with Crippen LogP contribution in [0.2, 0.25) is 0 Å². The summed E-state index contributed by atoms with van der Waals surface area (Å²) in [5.74, 6) is -0.442. The first-order chi connectivity index (χ1) is 17.3. The molecule has 38 heavy (non-hydrogen) atoms. The largest absolute Gasteiger partial charge is 0.462 e. The number of ether oxygens (including phenoxy) is 3. The van der Waals surface area contributed by atoms with Gasteiger partial charge in [-0.05, 0) is 106 Å². The average molecular weight is 533 g/mol. The SMILES string of the molecule is CC(=O)O[C@@H]1C[C@@H]2[C@@]3(C)CC[C@@H](O)C(C)(C)[C@@H]3CC[C@@]2(C)[C@]2(C)CC[C@@]3(O[C@@]4(C(C)(C)O)CC[C@]3(C)O4)[C@@H]12. The quantitative estimate of drug-likeness (QED) is 0.440. The summed E-state index contributed by atoms with van der Waals surface area (Å²) in [5, 5.41) is 22.3. The van der Waals surface area contributed by atoms with Crippen LogP contribution in [-0.2, 0) is 19.0 Å². The third kappa shape index (κ3) is 2.97. The van der Waals surface area contributed by atoms with Crippen LogP contribution in [0.15, 0.2) is 0 Å². The molecule has 2 N–H and O–H groups in total. The van der Waals surface area contributed by atoms with Gasteiger partial charge in [0.2, 0.25) is 0 Å². The van der Waals surface area contributed by atoms with Crippen molar-refractivity contribution in [3.63, 3.8) is 0 Å². The first-order valence-electron chi connectivity index (χ1n) is 15.3. The summed E-state index contributed by atoms with van der Waals surface area (Å²) in [5.41, 5.74) is -2.39. The molecule has 4 saturated carbocycles. The molecule has 6 fully saturated rings. The van der Waals surface area contributed by atoms with Gasteiger partial charge >= 0.3 is 5.97 Å². The van der Waals surface area contributed by atoms with Crippen molar-refractivity contribution in [1.29, 1.82) is 0 Å². The number of fused-ring (bicyclic) bond motifs is 9. The monoisotopic (exact) mass is 532 g/mol. The minimum absolute atomic E-state index is 0.00276. The second kappa shape index (κ2) is 7.57. The van der Waals surface area contributed by atoms with Crippen LogP contribution in [0.4, 0.5) is 0 Å². The van der Waals surface area contributed by atoms with E-state index in [0.717, 1.165) is 51.4 Å². The molecule has 4 aliphatic carbocycles. The third-order valence-electron chi connectivity index (χ3n) is 14.2. The van der Waals surface area contributed by atoms with Crippen LogP contribution in [0.1, 0.15) is 120 Å². The van der Waals surface area contributed by atoms with E-state index in [2.05, 4.69) is 41.5 Å². The zero-order valence-corrected chi connectivity index (χ0v) is 25.3. The summed E-state index contributed by atoms with van der Waals surface area (Å²) < 4.78 is 20.2. The van der Waals surface area contributed by atoms with Crippen LogP contribution >= 0.6 is 0 Å². The topological polar surface area (TPSA) is 85.2 Å². The van der Waals surface area contributed by atoms with Crippen molar-refractivity contribution in [3.05, 3.63) is 0 Å². The molecule has 2 heterocycles. The molecule has 2 saturated heterocycles. The summed E-state index contributed by atoms with van der Waals surface area (Å²) in [7, 11) is 0. The predicted molar refractivity (Wildman–Crippen MR) is 144 cm³/mol. The zero-order valence-electron chi connectivity index (χ0n) is 25.3. The van der Waals surface area contributed by atoms with Crippen LogP contribution in [0.25, 0.3) is 0 Å². The molecule has 0 amide bonds. The van der Waals surface area contributed by atoms with E-state index in [1.54, 1.807) is 13.8 Å². The number of rotatable bonds is 2. The number of aliphatic hydroxyl groups is 2. The van der Waals surface area contributed by atoms with Crippen molar-refractivity contribution in [2.24, 2.45) is 39.4 Å². The third-order valence-corrected chi connectivity index (χ3v) is 14.2. The zero-order chi connectivity index (χ0) is 27.9. The molecule has 1 spiro atoms. The number of aliphatic hydroxyl groups excluding tert-OH is 1. The maximum absolute atomic E-state index is 12.7. The van der Waals surface area contributed by atoms with E-state index in [-0.39, 0.29) is 45.8 Å². The first-order valence-corrected chi connectivity index (χ1v) is 15.3.